The molecule has 0 fully saturated rings. The van der Waals surface area contributed by atoms with E-state index in [-0.39, 0.29) is 0 Å². The van der Waals surface area contributed by atoms with E-state index in [2.05, 4.69) is 34.5 Å². The summed E-state index contributed by atoms with van der Waals surface area (Å²) in [4.78, 5) is 7.87. The van der Waals surface area contributed by atoms with Crippen LogP contribution in [0.4, 0.5) is 5.13 Å². The fraction of sp³-hybridized carbons (Fsp3) is 0.700. The van der Waals surface area contributed by atoms with Crippen LogP contribution in [0.2, 0.25) is 0 Å². The molecule has 148 valence electrons. The quantitative estimate of drug-likeness (QED) is 0.618. The maximum atomic E-state index is 4.75. The van der Waals surface area contributed by atoms with Crippen LogP contribution in [0.25, 0.3) is 0 Å². The molecule has 2 aromatic rings. The van der Waals surface area contributed by atoms with Gasteiger partial charge >= 0.3 is 0 Å². The highest BCUT2D eigenvalue weighted by atomic mass is 32.1. The van der Waals surface area contributed by atoms with Crippen molar-refractivity contribution < 1.29 is 4.57 Å². The monoisotopic (exact) mass is 406 g/mol. The standard InChI is InChI=1S/C20H32N5S2/c1-13-25(17-9-5-7-14(10-21-2)19(17)26-13)12-23-11-15-6-4-8-16-18(15)27-20(22-3)24-16/h14-15,21,23H,4-12H2,1-3H3,(H,22,24)/q+1. The lowest BCUT2D eigenvalue weighted by Gasteiger charge is -2.21. The van der Waals surface area contributed by atoms with E-state index in [0.29, 0.717) is 11.8 Å². The van der Waals surface area contributed by atoms with Crippen molar-refractivity contribution in [3.8, 4) is 0 Å². The first-order valence-electron chi connectivity index (χ1n) is 10.3. The number of nitrogens with one attached hydrogen (secondary N) is 3. The Morgan fingerprint density at radius 1 is 1.04 bits per heavy atom. The molecule has 2 heterocycles. The highest BCUT2D eigenvalue weighted by Gasteiger charge is 2.32. The van der Waals surface area contributed by atoms with E-state index in [4.69, 9.17) is 4.98 Å². The van der Waals surface area contributed by atoms with Gasteiger partial charge < -0.3 is 10.6 Å². The van der Waals surface area contributed by atoms with E-state index in [1.165, 1.54) is 47.7 Å². The van der Waals surface area contributed by atoms with Crippen LogP contribution in [0.1, 0.15) is 63.7 Å². The van der Waals surface area contributed by atoms with Gasteiger partial charge in [0.1, 0.15) is 0 Å². The molecule has 0 spiro atoms. The number of thiazole rings is 2. The zero-order chi connectivity index (χ0) is 18.8. The molecule has 0 saturated carbocycles. The van der Waals surface area contributed by atoms with E-state index in [0.717, 1.165) is 31.3 Å². The third-order valence-corrected chi connectivity index (χ3v) is 8.56. The number of hydrogen-bond acceptors (Lipinski definition) is 6. The molecule has 3 N–H and O–H groups in total. The summed E-state index contributed by atoms with van der Waals surface area (Å²) in [6.07, 6.45) is 7.55. The number of aromatic nitrogens is 2. The van der Waals surface area contributed by atoms with Gasteiger partial charge in [-0.15, -0.1) is 11.3 Å². The third-order valence-electron chi connectivity index (χ3n) is 5.97. The Labute approximate surface area is 170 Å². The fourth-order valence-electron chi connectivity index (χ4n) is 4.63. The number of rotatable bonds is 7. The summed E-state index contributed by atoms with van der Waals surface area (Å²) in [6, 6.07) is 0. The Hall–Kier alpha value is -1.02. The Kier molecular flexibility index (Phi) is 6.12. The van der Waals surface area contributed by atoms with Gasteiger partial charge in [0, 0.05) is 50.2 Å². The van der Waals surface area contributed by atoms with Crippen LogP contribution in [0, 0.1) is 6.92 Å². The van der Waals surface area contributed by atoms with Crippen molar-refractivity contribution in [2.24, 2.45) is 0 Å². The molecule has 0 bridgehead atoms. The Morgan fingerprint density at radius 3 is 2.59 bits per heavy atom. The second-order valence-electron chi connectivity index (χ2n) is 7.79. The minimum Gasteiger partial charge on any atom is -0.365 e. The van der Waals surface area contributed by atoms with Crippen LogP contribution in [0.3, 0.4) is 0 Å². The average molecular weight is 407 g/mol. The predicted molar refractivity (Wildman–Crippen MR) is 114 cm³/mol. The lowest BCUT2D eigenvalue weighted by molar-refractivity contribution is -0.710. The summed E-state index contributed by atoms with van der Waals surface area (Å²) in [7, 11) is 4.04. The number of fused-ring (bicyclic) bond motifs is 2. The molecule has 0 radical (unpaired) electrons. The molecule has 7 heteroatoms. The molecule has 2 aromatic heterocycles. The number of hydrogen-bond donors (Lipinski definition) is 3. The first kappa shape index (κ1) is 19.3. The molecule has 2 atom stereocenters. The summed E-state index contributed by atoms with van der Waals surface area (Å²) < 4.78 is 2.54. The van der Waals surface area contributed by atoms with E-state index in [1.807, 2.05) is 29.7 Å². The van der Waals surface area contributed by atoms with Crippen LogP contribution < -0.4 is 20.5 Å². The van der Waals surface area contributed by atoms with Gasteiger partial charge in [-0.25, -0.2) is 4.98 Å². The molecule has 2 aliphatic carbocycles. The van der Waals surface area contributed by atoms with Gasteiger partial charge in [-0.2, -0.15) is 4.57 Å². The van der Waals surface area contributed by atoms with Gasteiger partial charge in [0.05, 0.1) is 10.6 Å². The van der Waals surface area contributed by atoms with Gasteiger partial charge in [-0.05, 0) is 39.2 Å². The Balaban J connectivity index is 1.43. The summed E-state index contributed by atoms with van der Waals surface area (Å²) >= 11 is 3.86. The van der Waals surface area contributed by atoms with Crippen molar-refractivity contribution >= 4 is 27.8 Å². The SMILES string of the molecule is CNCC1CCCc2c1sc(C)[n+]2CNCC1CCCc2nc(NC)sc21. The summed E-state index contributed by atoms with van der Waals surface area (Å²) in [5.74, 6) is 1.31. The molecule has 0 aliphatic heterocycles. The largest absolute Gasteiger partial charge is 0.365 e. The van der Waals surface area contributed by atoms with Crippen molar-refractivity contribution in [1.29, 1.82) is 0 Å². The number of aryl methyl sites for hydroxylation is 2. The lowest BCUT2D eigenvalue weighted by Crippen LogP contribution is -2.47. The molecule has 2 aliphatic rings. The van der Waals surface area contributed by atoms with Crippen LogP contribution >= 0.6 is 22.7 Å². The first-order chi connectivity index (χ1) is 13.2. The Morgan fingerprint density at radius 2 is 1.81 bits per heavy atom. The zero-order valence-electron chi connectivity index (χ0n) is 16.7. The van der Waals surface area contributed by atoms with Gasteiger partial charge in [-0.1, -0.05) is 11.3 Å². The number of likely N-dealkylation sites (N-methyl/N-ethyl adjacent to an activating group) is 1. The highest BCUT2D eigenvalue weighted by molar-refractivity contribution is 7.15. The van der Waals surface area contributed by atoms with Crippen LogP contribution in [-0.2, 0) is 19.5 Å². The molecular weight excluding hydrogens is 374 g/mol. The van der Waals surface area contributed by atoms with Gasteiger partial charge in [0.25, 0.3) is 0 Å². The van der Waals surface area contributed by atoms with Crippen LogP contribution in [0.15, 0.2) is 0 Å². The van der Waals surface area contributed by atoms with E-state index >= 15 is 0 Å². The van der Waals surface area contributed by atoms with E-state index in [9.17, 15) is 0 Å². The van der Waals surface area contributed by atoms with E-state index in [1.54, 1.807) is 10.6 Å². The summed E-state index contributed by atoms with van der Waals surface area (Å²) in [6.45, 7) is 5.37. The minimum absolute atomic E-state index is 0.612. The zero-order valence-corrected chi connectivity index (χ0v) is 18.4. The van der Waals surface area contributed by atoms with Crippen molar-refractivity contribution in [2.45, 2.75) is 64.0 Å². The molecule has 0 aromatic carbocycles. The summed E-state index contributed by atoms with van der Waals surface area (Å²) in [5, 5.41) is 12.9. The topological polar surface area (TPSA) is 52.9 Å². The van der Waals surface area contributed by atoms with Gasteiger partial charge in [0.15, 0.2) is 10.8 Å². The van der Waals surface area contributed by atoms with Gasteiger partial charge in [-0.3, -0.25) is 5.32 Å². The predicted octanol–water partition coefficient (Wildman–Crippen LogP) is 3.15. The fourth-order valence-corrected chi connectivity index (χ4v) is 7.03. The third kappa shape index (κ3) is 3.92. The van der Waals surface area contributed by atoms with Crippen LogP contribution in [-0.4, -0.2) is 32.2 Å². The second-order valence-corrected chi connectivity index (χ2v) is 10.1. The average Bonchev–Trinajstić information content (AvgIpc) is 3.24. The van der Waals surface area contributed by atoms with E-state index < -0.39 is 0 Å². The molecule has 2 unspecified atom stereocenters. The number of nitrogens with zero attached hydrogens (tertiary/aromatic N) is 2. The maximum Gasteiger partial charge on any atom is 0.235 e. The van der Waals surface area contributed by atoms with Crippen molar-refractivity contribution in [3.05, 3.63) is 26.1 Å². The summed E-state index contributed by atoms with van der Waals surface area (Å²) in [5.41, 5.74) is 2.91. The number of anilines is 1. The minimum atomic E-state index is 0.612. The smallest absolute Gasteiger partial charge is 0.235 e. The molecule has 0 amide bonds. The molecule has 0 saturated heterocycles. The first-order valence-corrected chi connectivity index (χ1v) is 11.9. The van der Waals surface area contributed by atoms with Crippen molar-refractivity contribution in [1.82, 2.24) is 15.6 Å². The second kappa shape index (κ2) is 8.55. The lowest BCUT2D eigenvalue weighted by atomic mass is 9.91. The molecule has 27 heavy (non-hydrogen) atoms. The van der Waals surface area contributed by atoms with Crippen LogP contribution in [0.5, 0.6) is 0 Å². The molecule has 5 nitrogen and oxygen atoms in total. The molecule has 4 rings (SSSR count). The normalized spacial score (nSPS) is 21.7. The maximum absolute atomic E-state index is 4.75. The van der Waals surface area contributed by atoms with Crippen molar-refractivity contribution in [2.75, 3.05) is 32.5 Å². The Bertz CT molecular complexity index is 782. The molecular formula is C20H32N5S2+. The van der Waals surface area contributed by atoms with Crippen molar-refractivity contribution in [3.63, 3.8) is 0 Å². The highest BCUT2D eigenvalue weighted by Crippen LogP contribution is 2.37. The van der Waals surface area contributed by atoms with Gasteiger partial charge in [0.2, 0.25) is 11.7 Å².